The number of hydrogen-bond donors (Lipinski definition) is 2. The van der Waals surface area contributed by atoms with Crippen molar-refractivity contribution in [2.45, 2.75) is 52.6 Å². The van der Waals surface area contributed by atoms with Gasteiger partial charge in [0.1, 0.15) is 11.5 Å². The lowest BCUT2D eigenvalue weighted by molar-refractivity contribution is -0.148. The van der Waals surface area contributed by atoms with E-state index in [2.05, 4.69) is 5.32 Å². The minimum atomic E-state index is -0.943. The molecule has 3 rings (SSSR count). The quantitative estimate of drug-likeness (QED) is 0.812. The number of hydrogen-bond acceptors (Lipinski definition) is 4. The number of ether oxygens (including phenoxy) is 1. The van der Waals surface area contributed by atoms with Gasteiger partial charge in [-0.2, -0.15) is 0 Å². The van der Waals surface area contributed by atoms with Gasteiger partial charge in [-0.1, -0.05) is 0 Å². The third-order valence-electron chi connectivity index (χ3n) is 5.57. The van der Waals surface area contributed by atoms with Crippen LogP contribution in [-0.4, -0.2) is 47.1 Å². The summed E-state index contributed by atoms with van der Waals surface area (Å²) in [5, 5.41) is 13.1. The van der Waals surface area contributed by atoms with Gasteiger partial charge in [0.2, 0.25) is 5.91 Å². The fraction of sp³-hybridized carbons (Fsp3) is 0.579. The second-order valence-corrected chi connectivity index (χ2v) is 7.26. The van der Waals surface area contributed by atoms with Crippen molar-refractivity contribution >= 4 is 11.8 Å². The molecule has 2 aliphatic rings. The molecular formula is C19H26N2O4. The molecule has 0 radical (unpaired) electrons. The van der Waals surface area contributed by atoms with E-state index in [0.29, 0.717) is 44.6 Å². The molecule has 136 valence electrons. The first kappa shape index (κ1) is 17.6. The van der Waals surface area contributed by atoms with E-state index in [1.54, 1.807) is 4.90 Å². The van der Waals surface area contributed by atoms with Crippen LogP contribution in [0.2, 0.25) is 0 Å². The van der Waals surface area contributed by atoms with E-state index in [9.17, 15) is 14.7 Å². The zero-order valence-electron chi connectivity index (χ0n) is 15.4. The number of aromatic hydroxyl groups is 1. The van der Waals surface area contributed by atoms with Crippen molar-refractivity contribution in [3.8, 4) is 11.5 Å². The molecular weight excluding hydrogens is 320 g/mol. The third-order valence-corrected chi connectivity index (χ3v) is 5.57. The predicted octanol–water partition coefficient (Wildman–Crippen LogP) is 1.75. The van der Waals surface area contributed by atoms with Crippen LogP contribution in [0.15, 0.2) is 0 Å². The first-order chi connectivity index (χ1) is 11.7. The van der Waals surface area contributed by atoms with Crippen LogP contribution in [0.25, 0.3) is 0 Å². The summed E-state index contributed by atoms with van der Waals surface area (Å²) in [6.07, 6.45) is 1.56. The van der Waals surface area contributed by atoms with Gasteiger partial charge >= 0.3 is 0 Å². The number of phenolic OH excluding ortho intramolecular Hbond substituents is 1. The molecule has 1 aromatic carbocycles. The van der Waals surface area contributed by atoms with Crippen molar-refractivity contribution in [2.24, 2.45) is 0 Å². The average Bonchev–Trinajstić information content (AvgIpc) is 2.82. The van der Waals surface area contributed by atoms with E-state index in [1.807, 2.05) is 27.7 Å². The van der Waals surface area contributed by atoms with E-state index in [1.165, 1.54) is 0 Å². The first-order valence-corrected chi connectivity index (χ1v) is 8.81. The summed E-state index contributed by atoms with van der Waals surface area (Å²) in [4.78, 5) is 26.3. The van der Waals surface area contributed by atoms with Crippen molar-refractivity contribution in [3.63, 3.8) is 0 Å². The molecule has 2 aliphatic heterocycles. The Morgan fingerprint density at radius 2 is 1.88 bits per heavy atom. The number of carbonyl (C=O) groups excluding carboxylic acids is 2. The monoisotopic (exact) mass is 346 g/mol. The molecule has 1 saturated heterocycles. The summed E-state index contributed by atoms with van der Waals surface area (Å²) in [6.45, 7) is 8.89. The summed E-state index contributed by atoms with van der Waals surface area (Å²) in [5.74, 6) is 0.941. The minimum Gasteiger partial charge on any atom is -0.507 e. The highest BCUT2D eigenvalue weighted by atomic mass is 16.5. The Balaban J connectivity index is 1.90. The highest BCUT2D eigenvalue weighted by Crippen LogP contribution is 2.43. The molecule has 2 amide bonds. The fourth-order valence-corrected chi connectivity index (χ4v) is 3.70. The number of carbonyl (C=O) groups is 2. The van der Waals surface area contributed by atoms with Crippen molar-refractivity contribution < 1.29 is 19.4 Å². The van der Waals surface area contributed by atoms with E-state index < -0.39 is 5.60 Å². The molecule has 25 heavy (non-hydrogen) atoms. The Morgan fingerprint density at radius 3 is 2.60 bits per heavy atom. The number of nitrogens with one attached hydrogen (secondary N) is 1. The molecule has 6 nitrogen and oxygen atoms in total. The zero-order chi connectivity index (χ0) is 18.4. The van der Waals surface area contributed by atoms with Gasteiger partial charge in [-0.3, -0.25) is 9.59 Å². The number of phenols is 1. The Morgan fingerprint density at radius 1 is 1.16 bits per heavy atom. The van der Waals surface area contributed by atoms with E-state index in [-0.39, 0.29) is 11.8 Å². The number of nitrogens with zero attached hydrogens (tertiary/aromatic N) is 1. The summed E-state index contributed by atoms with van der Waals surface area (Å²) >= 11 is 0. The zero-order valence-corrected chi connectivity index (χ0v) is 15.4. The fourth-order valence-electron chi connectivity index (χ4n) is 3.70. The summed E-state index contributed by atoms with van der Waals surface area (Å²) < 4.78 is 6.24. The van der Waals surface area contributed by atoms with Gasteiger partial charge in [0.25, 0.3) is 5.91 Å². The highest BCUT2D eigenvalue weighted by molar-refractivity contribution is 5.87. The summed E-state index contributed by atoms with van der Waals surface area (Å²) in [7, 11) is 0. The smallest absolute Gasteiger partial charge is 0.266 e. The van der Waals surface area contributed by atoms with Gasteiger partial charge in [0, 0.05) is 38.0 Å². The van der Waals surface area contributed by atoms with Crippen LogP contribution in [-0.2, 0) is 16.0 Å². The number of rotatable bonds is 1. The van der Waals surface area contributed by atoms with Crippen molar-refractivity contribution in [3.05, 3.63) is 22.3 Å². The number of benzene rings is 1. The maximum absolute atomic E-state index is 13.1. The van der Waals surface area contributed by atoms with Gasteiger partial charge in [-0.15, -0.1) is 0 Å². The second kappa shape index (κ2) is 6.24. The molecule has 2 heterocycles. The normalized spacial score (nSPS) is 23.4. The molecule has 0 bridgehead atoms. The van der Waals surface area contributed by atoms with Crippen molar-refractivity contribution in [1.82, 2.24) is 10.2 Å². The highest BCUT2D eigenvalue weighted by Gasteiger charge is 2.43. The number of amides is 2. The van der Waals surface area contributed by atoms with Crippen LogP contribution in [0, 0.1) is 20.8 Å². The molecule has 0 aromatic heterocycles. The molecule has 0 spiro atoms. The number of fused-ring (bicyclic) bond motifs is 1. The Bertz CT molecular complexity index is 744. The minimum absolute atomic E-state index is 0.0204. The summed E-state index contributed by atoms with van der Waals surface area (Å²) in [5.41, 5.74) is 2.54. The lowest BCUT2D eigenvalue weighted by Crippen LogP contribution is -2.53. The molecule has 2 N–H and O–H groups in total. The van der Waals surface area contributed by atoms with E-state index in [4.69, 9.17) is 4.74 Å². The second-order valence-electron chi connectivity index (χ2n) is 7.26. The van der Waals surface area contributed by atoms with E-state index >= 15 is 0 Å². The van der Waals surface area contributed by atoms with Gasteiger partial charge in [0.05, 0.1) is 0 Å². The van der Waals surface area contributed by atoms with Gasteiger partial charge in [0.15, 0.2) is 5.60 Å². The Hall–Kier alpha value is -2.24. The molecule has 0 saturated carbocycles. The Labute approximate surface area is 148 Å². The van der Waals surface area contributed by atoms with Gasteiger partial charge in [-0.25, -0.2) is 0 Å². The lowest BCUT2D eigenvalue weighted by atomic mass is 9.86. The van der Waals surface area contributed by atoms with Crippen LogP contribution in [0.1, 0.15) is 42.0 Å². The maximum atomic E-state index is 13.1. The van der Waals surface area contributed by atoms with Crippen LogP contribution < -0.4 is 10.1 Å². The molecule has 0 aliphatic carbocycles. The topological polar surface area (TPSA) is 78.9 Å². The predicted molar refractivity (Wildman–Crippen MR) is 93.9 cm³/mol. The van der Waals surface area contributed by atoms with Gasteiger partial charge in [-0.05, 0) is 50.8 Å². The van der Waals surface area contributed by atoms with Crippen LogP contribution in [0.3, 0.4) is 0 Å². The molecule has 6 heteroatoms. The average molecular weight is 346 g/mol. The largest absolute Gasteiger partial charge is 0.507 e. The molecule has 1 fully saturated rings. The van der Waals surface area contributed by atoms with E-state index in [0.717, 1.165) is 28.0 Å². The molecule has 1 atom stereocenters. The van der Waals surface area contributed by atoms with Crippen LogP contribution in [0.4, 0.5) is 0 Å². The van der Waals surface area contributed by atoms with Crippen LogP contribution in [0.5, 0.6) is 11.5 Å². The summed E-state index contributed by atoms with van der Waals surface area (Å²) in [6, 6.07) is 0. The van der Waals surface area contributed by atoms with Crippen molar-refractivity contribution in [2.75, 3.05) is 19.6 Å². The Kier molecular flexibility index (Phi) is 4.39. The third kappa shape index (κ3) is 2.94. The molecule has 0 unspecified atom stereocenters. The molecule has 1 aromatic rings. The SMILES string of the molecule is Cc1c(C)c2c(c(C)c1O)CC[C@@](C)(C(=O)N1CCNC(=O)CC1)O2. The maximum Gasteiger partial charge on any atom is 0.266 e. The van der Waals surface area contributed by atoms with Crippen molar-refractivity contribution in [1.29, 1.82) is 0 Å². The first-order valence-electron chi connectivity index (χ1n) is 8.81. The van der Waals surface area contributed by atoms with Gasteiger partial charge < -0.3 is 20.1 Å². The standard InChI is InChI=1S/C19H26N2O4/c1-11-12(2)17-14(13(3)16(11)23)5-7-19(4,25-17)18(24)21-9-6-15(22)20-8-10-21/h23H,5-10H2,1-4H3,(H,20,22)/t19-/m0/s1. The lowest BCUT2D eigenvalue weighted by Gasteiger charge is -2.39. The van der Waals surface area contributed by atoms with Crippen LogP contribution >= 0.6 is 0 Å².